The number of benzene rings is 2. The van der Waals surface area contributed by atoms with E-state index >= 15 is 0 Å². The van der Waals surface area contributed by atoms with Gasteiger partial charge in [0.05, 0.1) is 19.8 Å². The van der Waals surface area contributed by atoms with Crippen LogP contribution in [0.5, 0.6) is 11.5 Å². The average molecular weight is 549 g/mol. The van der Waals surface area contributed by atoms with Crippen LogP contribution in [0.15, 0.2) is 72.9 Å². The first-order chi connectivity index (χ1) is 19.3. The predicted octanol–water partition coefficient (Wildman–Crippen LogP) is 7.90. The largest absolute Gasteiger partial charge is 0.496 e. The van der Waals surface area contributed by atoms with Gasteiger partial charge in [-0.15, -0.1) is 0 Å². The lowest BCUT2D eigenvalue weighted by molar-refractivity contribution is 0.0917. The third kappa shape index (κ3) is 9.42. The molecule has 0 radical (unpaired) electrons. The van der Waals surface area contributed by atoms with Crippen LogP contribution in [0.25, 0.3) is 11.5 Å². The zero-order valence-corrected chi connectivity index (χ0v) is 24.4. The van der Waals surface area contributed by atoms with Crippen LogP contribution in [-0.2, 0) is 15.9 Å². The molecule has 0 amide bonds. The van der Waals surface area contributed by atoms with Crippen LogP contribution in [0.2, 0.25) is 0 Å². The highest BCUT2D eigenvalue weighted by molar-refractivity contribution is 5.77. The van der Waals surface area contributed by atoms with Crippen molar-refractivity contribution in [1.82, 2.24) is 4.98 Å². The van der Waals surface area contributed by atoms with Crippen molar-refractivity contribution in [3.05, 3.63) is 95.5 Å². The van der Waals surface area contributed by atoms with Gasteiger partial charge in [0, 0.05) is 42.6 Å². The molecule has 2 aromatic carbocycles. The molecule has 2 atom stereocenters. The smallest absolute Gasteiger partial charge is 0.130 e. The summed E-state index contributed by atoms with van der Waals surface area (Å²) in [5.41, 5.74) is 3.57. The topological polar surface area (TPSA) is 61.8 Å². The Balaban J connectivity index is 1.88. The molecule has 214 valence electrons. The summed E-state index contributed by atoms with van der Waals surface area (Å²) in [6, 6.07) is 16.3. The molecule has 7 heteroatoms. The number of hydrogen-bond donors (Lipinski definition) is 1. The molecule has 3 aromatic rings. The van der Waals surface area contributed by atoms with Crippen LogP contribution in [0.4, 0.5) is 10.2 Å². The zero-order valence-electron chi connectivity index (χ0n) is 24.4. The molecule has 1 aromatic heterocycles. The SMILES string of the molecule is CC/C=C(/Nc1ccc(/C(=C\CC)OC)cn1)c1cc(OC(C)COC)cc(OC(C)Cc2cccc(F)c2)c1. The minimum atomic E-state index is -0.253. The molecule has 0 saturated heterocycles. The molecule has 0 spiro atoms. The van der Waals surface area contributed by atoms with Gasteiger partial charge in [-0.2, -0.15) is 0 Å². The molecule has 0 aliphatic rings. The van der Waals surface area contributed by atoms with Gasteiger partial charge in [0.1, 0.15) is 35.0 Å². The van der Waals surface area contributed by atoms with E-state index in [-0.39, 0.29) is 18.0 Å². The van der Waals surface area contributed by atoms with Gasteiger partial charge in [-0.25, -0.2) is 9.37 Å². The maximum absolute atomic E-state index is 13.7. The number of rotatable bonds is 15. The number of nitrogens with one attached hydrogen (secondary N) is 1. The van der Waals surface area contributed by atoms with Gasteiger partial charge in [0.15, 0.2) is 0 Å². The number of aromatic nitrogens is 1. The van der Waals surface area contributed by atoms with Crippen LogP contribution in [0, 0.1) is 5.82 Å². The lowest BCUT2D eigenvalue weighted by Crippen LogP contribution is -2.19. The first-order valence-electron chi connectivity index (χ1n) is 13.7. The van der Waals surface area contributed by atoms with Gasteiger partial charge < -0.3 is 24.3 Å². The molecule has 0 aliphatic carbocycles. The van der Waals surface area contributed by atoms with Crippen molar-refractivity contribution < 1.29 is 23.3 Å². The van der Waals surface area contributed by atoms with E-state index in [9.17, 15) is 4.39 Å². The summed E-state index contributed by atoms with van der Waals surface area (Å²) in [6.07, 6.45) is 7.85. The number of ether oxygens (including phenoxy) is 4. The molecular formula is C33H41FN2O4. The van der Waals surface area contributed by atoms with Gasteiger partial charge in [0.2, 0.25) is 0 Å². The molecule has 3 rings (SSSR count). The maximum Gasteiger partial charge on any atom is 0.130 e. The predicted molar refractivity (Wildman–Crippen MR) is 160 cm³/mol. The number of anilines is 1. The second kappa shape index (κ2) is 15.7. The number of hydrogen-bond acceptors (Lipinski definition) is 6. The quantitative estimate of drug-likeness (QED) is 0.195. The van der Waals surface area contributed by atoms with E-state index in [1.54, 1.807) is 26.5 Å². The lowest BCUT2D eigenvalue weighted by atomic mass is 10.1. The summed E-state index contributed by atoms with van der Waals surface area (Å²) >= 11 is 0. The molecule has 0 bridgehead atoms. The van der Waals surface area contributed by atoms with E-state index in [0.717, 1.165) is 41.0 Å². The van der Waals surface area contributed by atoms with Crippen molar-refractivity contribution in [2.45, 2.75) is 59.2 Å². The standard InChI is InChI=1S/C33H41FN2O4/c1-7-10-31(36-33-15-14-26(21-35-33)32(38-6)11-8-2)27-18-29(20-30(19-27)40-24(4)22-37-5)39-23(3)16-25-12-9-13-28(34)17-25/h9-15,17-21,23-24H,7-8,16,22H2,1-6H3,(H,35,36)/b31-10+,32-11+. The molecular weight excluding hydrogens is 507 g/mol. The maximum atomic E-state index is 13.7. The van der Waals surface area contributed by atoms with Crippen LogP contribution in [0.3, 0.4) is 0 Å². The highest BCUT2D eigenvalue weighted by atomic mass is 19.1. The van der Waals surface area contributed by atoms with Gasteiger partial charge >= 0.3 is 0 Å². The first kappa shape index (κ1) is 30.7. The summed E-state index contributed by atoms with van der Waals surface area (Å²) < 4.78 is 36.9. The Hall–Kier alpha value is -3.84. The van der Waals surface area contributed by atoms with Crippen molar-refractivity contribution >= 4 is 17.3 Å². The van der Waals surface area contributed by atoms with Gasteiger partial charge in [-0.1, -0.05) is 32.1 Å². The number of pyridine rings is 1. The number of nitrogens with zero attached hydrogens (tertiary/aromatic N) is 1. The lowest BCUT2D eigenvalue weighted by Gasteiger charge is -2.20. The minimum Gasteiger partial charge on any atom is -0.496 e. The molecule has 6 nitrogen and oxygen atoms in total. The van der Waals surface area contributed by atoms with Crippen LogP contribution >= 0.6 is 0 Å². The van der Waals surface area contributed by atoms with Crippen LogP contribution in [0.1, 0.15) is 57.2 Å². The highest BCUT2D eigenvalue weighted by Gasteiger charge is 2.14. The van der Waals surface area contributed by atoms with Crippen molar-refractivity contribution in [2.24, 2.45) is 0 Å². The third-order valence-corrected chi connectivity index (χ3v) is 6.01. The van der Waals surface area contributed by atoms with Crippen molar-refractivity contribution in [2.75, 3.05) is 26.1 Å². The zero-order chi connectivity index (χ0) is 28.9. The monoisotopic (exact) mass is 548 g/mol. The molecule has 1 N–H and O–H groups in total. The Morgan fingerprint density at radius 2 is 1.62 bits per heavy atom. The Kier molecular flexibility index (Phi) is 12.0. The third-order valence-electron chi connectivity index (χ3n) is 6.01. The Morgan fingerprint density at radius 1 is 0.900 bits per heavy atom. The van der Waals surface area contributed by atoms with Crippen molar-refractivity contribution in [3.63, 3.8) is 0 Å². The van der Waals surface area contributed by atoms with E-state index in [4.69, 9.17) is 18.9 Å². The van der Waals surface area contributed by atoms with Crippen LogP contribution < -0.4 is 14.8 Å². The summed E-state index contributed by atoms with van der Waals surface area (Å²) in [7, 11) is 3.31. The number of allylic oxidation sites excluding steroid dienone is 2. The molecule has 0 fully saturated rings. The molecule has 0 saturated carbocycles. The first-order valence-corrected chi connectivity index (χ1v) is 13.7. The van der Waals surface area contributed by atoms with Gasteiger partial charge in [-0.05, 0) is 74.7 Å². The minimum absolute atomic E-state index is 0.148. The van der Waals surface area contributed by atoms with Crippen LogP contribution in [-0.4, -0.2) is 38.0 Å². The van der Waals surface area contributed by atoms with E-state index in [2.05, 4.69) is 30.2 Å². The van der Waals surface area contributed by atoms with E-state index in [1.165, 1.54) is 12.1 Å². The number of methoxy groups -OCH3 is 2. The van der Waals surface area contributed by atoms with Gasteiger partial charge in [0.25, 0.3) is 0 Å². The summed E-state index contributed by atoms with van der Waals surface area (Å²) in [5.74, 6) is 2.57. The second-order valence-corrected chi connectivity index (χ2v) is 9.60. The second-order valence-electron chi connectivity index (χ2n) is 9.60. The fourth-order valence-electron chi connectivity index (χ4n) is 4.34. The summed E-state index contributed by atoms with van der Waals surface area (Å²) in [5, 5.41) is 3.46. The Bertz CT molecular complexity index is 1270. The normalized spacial score (nSPS) is 13.5. The van der Waals surface area contributed by atoms with E-state index in [1.807, 2.05) is 56.3 Å². The molecule has 0 aliphatic heterocycles. The molecule has 1 heterocycles. The van der Waals surface area contributed by atoms with E-state index < -0.39 is 0 Å². The molecule has 2 unspecified atom stereocenters. The van der Waals surface area contributed by atoms with Crippen molar-refractivity contribution in [3.8, 4) is 11.5 Å². The fourth-order valence-corrected chi connectivity index (χ4v) is 4.34. The highest BCUT2D eigenvalue weighted by Crippen LogP contribution is 2.30. The Morgan fingerprint density at radius 3 is 2.23 bits per heavy atom. The van der Waals surface area contributed by atoms with Crippen molar-refractivity contribution in [1.29, 1.82) is 0 Å². The van der Waals surface area contributed by atoms with Gasteiger partial charge in [-0.3, -0.25) is 0 Å². The van der Waals surface area contributed by atoms with E-state index in [0.29, 0.717) is 30.3 Å². The summed E-state index contributed by atoms with van der Waals surface area (Å²) in [4.78, 5) is 4.61. The fraction of sp³-hybridized carbons (Fsp3) is 0.364. The number of halogens is 1. The molecule has 40 heavy (non-hydrogen) atoms. The summed E-state index contributed by atoms with van der Waals surface area (Å²) in [6.45, 7) is 8.53. The average Bonchev–Trinajstić information content (AvgIpc) is 2.92. The Labute approximate surface area is 237 Å².